The van der Waals surface area contributed by atoms with E-state index in [-0.39, 0.29) is 11.5 Å². The summed E-state index contributed by atoms with van der Waals surface area (Å²) in [5.74, 6) is 0.651. The monoisotopic (exact) mass is 392 g/mol. The highest BCUT2D eigenvalue weighted by Gasteiger charge is 2.41. The van der Waals surface area contributed by atoms with Gasteiger partial charge < -0.3 is 9.29 Å². The van der Waals surface area contributed by atoms with Gasteiger partial charge in [-0.15, -0.1) is 0 Å². The molecule has 0 aliphatic carbocycles. The second-order valence-electron chi connectivity index (χ2n) is 4.75. The van der Waals surface area contributed by atoms with Crippen LogP contribution in [0.15, 0.2) is 27.8 Å². The van der Waals surface area contributed by atoms with Crippen LogP contribution in [0.4, 0.5) is 0 Å². The highest BCUT2D eigenvalue weighted by atomic mass is 127. The number of Topliss-reactive ketones (excluding diaryl/α,β-unsaturated/α-hetero) is 1. The second kappa shape index (κ2) is 5.34. The molecule has 1 aromatic rings. The Morgan fingerprint density at radius 3 is 2.32 bits per heavy atom. The Labute approximate surface area is 127 Å². The zero-order chi connectivity index (χ0) is 14.2. The van der Waals surface area contributed by atoms with Gasteiger partial charge in [-0.05, 0) is 42.0 Å². The molecule has 0 spiro atoms. The van der Waals surface area contributed by atoms with Crippen molar-refractivity contribution in [2.24, 2.45) is 0 Å². The Morgan fingerprint density at radius 1 is 1.32 bits per heavy atom. The topological polar surface area (TPSA) is 63.6 Å². The van der Waals surface area contributed by atoms with Crippen LogP contribution >= 0.6 is 22.6 Å². The highest BCUT2D eigenvalue weighted by Crippen LogP contribution is 2.39. The number of benzene rings is 1. The first-order valence-electron chi connectivity index (χ1n) is 5.61. The van der Waals surface area contributed by atoms with Crippen LogP contribution in [0.5, 0.6) is 0 Å². The van der Waals surface area contributed by atoms with E-state index in [1.165, 1.54) is 0 Å². The molecule has 1 aliphatic rings. The third-order valence-electron chi connectivity index (χ3n) is 2.81. The summed E-state index contributed by atoms with van der Waals surface area (Å²) in [7, 11) is 0. The number of rotatable bonds is 3. The maximum Gasteiger partial charge on any atom is 0.215 e. The van der Waals surface area contributed by atoms with E-state index in [1.54, 1.807) is 38.1 Å². The van der Waals surface area contributed by atoms with Crippen LogP contribution in [0.2, 0.25) is 0 Å². The Morgan fingerprint density at radius 2 is 1.89 bits per heavy atom. The van der Waals surface area contributed by atoms with Gasteiger partial charge >= 0.3 is 0 Å². The molecule has 1 aromatic carbocycles. The fraction of sp³-hybridized carbons (Fsp3) is 0.308. The van der Waals surface area contributed by atoms with E-state index in [0.717, 1.165) is 11.1 Å². The molecule has 0 fully saturated rings. The van der Waals surface area contributed by atoms with E-state index in [0.29, 0.717) is 9.34 Å². The minimum Gasteiger partial charge on any atom is -0.478 e. The molecular formula is C13H13IO4S. The largest absolute Gasteiger partial charge is 0.478 e. The maximum absolute atomic E-state index is 12.0. The fourth-order valence-electron chi connectivity index (χ4n) is 1.79. The average molecular weight is 392 g/mol. The Hall–Kier alpha value is -0.730. The molecule has 2 rings (SSSR count). The summed E-state index contributed by atoms with van der Waals surface area (Å²) in [5.41, 5.74) is 0.747. The molecule has 0 aromatic heterocycles. The predicted octanol–water partition coefficient (Wildman–Crippen LogP) is 2.89. The minimum absolute atomic E-state index is 0.0244. The lowest BCUT2D eigenvalue weighted by molar-refractivity contribution is -0.125. The van der Waals surface area contributed by atoms with Crippen LogP contribution in [-0.4, -0.2) is 20.1 Å². The Balaban J connectivity index is 2.29. The normalized spacial score (nSPS) is 19.5. The zero-order valence-corrected chi connectivity index (χ0v) is 13.4. The van der Waals surface area contributed by atoms with Crippen molar-refractivity contribution >= 4 is 45.2 Å². The molecule has 0 bridgehead atoms. The minimum atomic E-state index is -1.85. The van der Waals surface area contributed by atoms with E-state index in [1.807, 2.05) is 22.6 Å². The predicted molar refractivity (Wildman–Crippen MR) is 82.0 cm³/mol. The Bertz CT molecular complexity index is 575. The number of ketones is 1. The van der Waals surface area contributed by atoms with Gasteiger partial charge in [0, 0.05) is 5.56 Å². The molecule has 19 heavy (non-hydrogen) atoms. The van der Waals surface area contributed by atoms with Crippen molar-refractivity contribution in [3.05, 3.63) is 39.0 Å². The van der Waals surface area contributed by atoms with Crippen LogP contribution in [0, 0.1) is 0 Å². The molecule has 1 aliphatic heterocycles. The van der Waals surface area contributed by atoms with Crippen molar-refractivity contribution < 1.29 is 18.3 Å². The number of carbonyl (C=O) groups excluding carboxylic acids is 1. The number of hydrogen-bond acceptors (Lipinski definition) is 3. The van der Waals surface area contributed by atoms with Crippen molar-refractivity contribution in [2.75, 3.05) is 0 Å². The van der Waals surface area contributed by atoms with Gasteiger partial charge in [0.2, 0.25) is 5.78 Å². The van der Waals surface area contributed by atoms with E-state index in [2.05, 4.69) is 0 Å². The summed E-state index contributed by atoms with van der Waals surface area (Å²) in [6, 6.07) is 7.12. The van der Waals surface area contributed by atoms with E-state index < -0.39 is 16.7 Å². The molecule has 1 heterocycles. The van der Waals surface area contributed by atoms with Crippen LogP contribution in [0.3, 0.4) is 0 Å². The van der Waals surface area contributed by atoms with Gasteiger partial charge in [0.25, 0.3) is 0 Å². The van der Waals surface area contributed by atoms with Crippen LogP contribution in [0.25, 0.3) is 5.76 Å². The standard InChI is InChI=1S/C13H13IO4S/c1-13(2)12(15)10(14)11(18-13)9-5-3-8(4-6-9)7-19(16)17/h3-6H,7H2,1-2H3,(H,16,17). The molecule has 6 heteroatoms. The SMILES string of the molecule is CC1(C)OC(c2ccc(CS(=O)O)cc2)=C(I)C1=O. The van der Waals surface area contributed by atoms with Crippen molar-refractivity contribution in [1.29, 1.82) is 0 Å². The number of halogens is 1. The lowest BCUT2D eigenvalue weighted by Crippen LogP contribution is -2.28. The van der Waals surface area contributed by atoms with Crippen molar-refractivity contribution in [3.8, 4) is 0 Å². The summed E-state index contributed by atoms with van der Waals surface area (Å²) >= 11 is 0.145. The quantitative estimate of drug-likeness (QED) is 0.635. The summed E-state index contributed by atoms with van der Waals surface area (Å²) in [6.45, 7) is 3.48. The van der Waals surface area contributed by atoms with Crippen molar-refractivity contribution in [3.63, 3.8) is 0 Å². The van der Waals surface area contributed by atoms with Crippen molar-refractivity contribution in [2.45, 2.75) is 25.2 Å². The van der Waals surface area contributed by atoms with E-state index in [9.17, 15) is 9.00 Å². The maximum atomic E-state index is 12.0. The summed E-state index contributed by atoms with van der Waals surface area (Å²) in [6.07, 6.45) is 0. The van der Waals surface area contributed by atoms with Gasteiger partial charge in [-0.25, -0.2) is 4.21 Å². The highest BCUT2D eigenvalue weighted by molar-refractivity contribution is 14.1. The Kier molecular flexibility index (Phi) is 4.12. The van der Waals surface area contributed by atoms with E-state index >= 15 is 0 Å². The molecular weight excluding hydrogens is 379 g/mol. The molecule has 0 amide bonds. The first kappa shape index (κ1) is 14.7. The molecule has 4 nitrogen and oxygen atoms in total. The fourth-order valence-corrected chi connectivity index (χ4v) is 3.34. The molecule has 0 saturated carbocycles. The van der Waals surface area contributed by atoms with Crippen molar-refractivity contribution in [1.82, 2.24) is 0 Å². The molecule has 1 N–H and O–H groups in total. The van der Waals surface area contributed by atoms with Gasteiger partial charge in [0.15, 0.2) is 16.7 Å². The zero-order valence-electron chi connectivity index (χ0n) is 10.5. The lowest BCUT2D eigenvalue weighted by atomic mass is 10.1. The smallest absolute Gasteiger partial charge is 0.215 e. The van der Waals surface area contributed by atoms with Gasteiger partial charge in [-0.1, -0.05) is 24.3 Å². The molecule has 1 unspecified atom stereocenters. The summed E-state index contributed by atoms with van der Waals surface area (Å²) in [5, 5.41) is 0. The summed E-state index contributed by atoms with van der Waals surface area (Å²) in [4.78, 5) is 12.0. The average Bonchev–Trinajstić information content (AvgIpc) is 2.53. The number of ether oxygens (including phenoxy) is 1. The van der Waals surface area contributed by atoms with Crippen LogP contribution in [0.1, 0.15) is 25.0 Å². The first-order valence-corrected chi connectivity index (χ1v) is 7.97. The molecule has 102 valence electrons. The third-order valence-corrected chi connectivity index (χ3v) is 4.37. The van der Waals surface area contributed by atoms with Gasteiger partial charge in [-0.3, -0.25) is 4.79 Å². The van der Waals surface area contributed by atoms with E-state index in [4.69, 9.17) is 9.29 Å². The van der Waals surface area contributed by atoms with Gasteiger partial charge in [-0.2, -0.15) is 0 Å². The lowest BCUT2D eigenvalue weighted by Gasteiger charge is -2.17. The number of hydrogen-bond donors (Lipinski definition) is 1. The molecule has 0 saturated heterocycles. The van der Waals surface area contributed by atoms with Crippen LogP contribution in [-0.2, 0) is 26.4 Å². The van der Waals surface area contributed by atoms with Crippen LogP contribution < -0.4 is 0 Å². The first-order chi connectivity index (χ1) is 8.81. The van der Waals surface area contributed by atoms with Gasteiger partial charge in [0.1, 0.15) is 9.34 Å². The van der Waals surface area contributed by atoms with Gasteiger partial charge in [0.05, 0.1) is 5.75 Å². The second-order valence-corrected chi connectivity index (χ2v) is 6.76. The molecule has 0 radical (unpaired) electrons. The summed E-state index contributed by atoms with van der Waals surface area (Å²) < 4.78 is 25.8. The third kappa shape index (κ3) is 3.06. The molecule has 1 atom stereocenters. The number of carbonyl (C=O) groups is 1.